The molecule has 0 bridgehead atoms. The second kappa shape index (κ2) is 92.7. The van der Waals surface area contributed by atoms with Crippen LogP contribution in [0, 0.1) is 0 Å². The van der Waals surface area contributed by atoms with E-state index in [0.717, 1.165) is 0 Å². The van der Waals surface area contributed by atoms with Gasteiger partial charge >= 0.3 is 21.1 Å². The van der Waals surface area contributed by atoms with Gasteiger partial charge in [0, 0.05) is 0 Å². The molecule has 54 valence electrons. The summed E-state index contributed by atoms with van der Waals surface area (Å²) >= 11 is 0. The van der Waals surface area contributed by atoms with Gasteiger partial charge in [0.05, 0.1) is 0 Å². The van der Waals surface area contributed by atoms with Crippen molar-refractivity contribution in [1.29, 1.82) is 0 Å². The summed E-state index contributed by atoms with van der Waals surface area (Å²) < 4.78 is 0. The summed E-state index contributed by atoms with van der Waals surface area (Å²) in [6.45, 7) is 0. The van der Waals surface area contributed by atoms with Gasteiger partial charge in [-0.3, -0.25) is 0 Å². The predicted molar refractivity (Wildman–Crippen MR) is 5.98 cm³/mol. The summed E-state index contributed by atoms with van der Waals surface area (Å²) in [5.41, 5.74) is 0. The van der Waals surface area contributed by atoms with E-state index in [1.807, 2.05) is 0 Å². The van der Waals surface area contributed by atoms with Crippen molar-refractivity contribution < 1.29 is 83.1 Å². The molecule has 0 saturated heterocycles. The van der Waals surface area contributed by atoms with Crippen LogP contribution >= 0.6 is 0 Å². The Balaban J connectivity index is 0. The van der Waals surface area contributed by atoms with Crippen molar-refractivity contribution in [1.82, 2.24) is 6.15 Å². The van der Waals surface area contributed by atoms with E-state index in [-0.39, 0.29) is 89.3 Å². The first-order chi connectivity index (χ1) is 0. The molecule has 0 spiro atoms. The summed E-state index contributed by atoms with van der Waals surface area (Å²) in [6, 6.07) is 0. The Hall–Kier alpha value is 2.10. The largest absolute Gasteiger partial charge is 4.00 e. The molecule has 0 amide bonds. The second-order valence-electron chi connectivity index (χ2n) is 0. The number of hydrogen-bond donors (Lipinski definition) is 1. The first kappa shape index (κ1) is 136. The third-order valence-electron chi connectivity index (χ3n) is 0. The molecule has 0 rings (SSSR count). The van der Waals surface area contributed by atoms with Crippen LogP contribution in [0.25, 0.3) is 0 Å². The Morgan fingerprint density at radius 1 is 0.429 bits per heavy atom. The van der Waals surface area contributed by atoms with E-state index < -0.39 is 0 Å². The van der Waals surface area contributed by atoms with E-state index in [1.165, 1.54) is 0 Å². The molecular weight excluding hydrogens is 386 g/mol. The molecule has 0 fully saturated rings. The number of quaternary nitrogens is 1. The van der Waals surface area contributed by atoms with Crippen molar-refractivity contribution in [3.63, 3.8) is 0 Å². The van der Waals surface area contributed by atoms with Gasteiger partial charge in [-0.2, -0.15) is 0 Å². The Morgan fingerprint density at radius 2 is 0.429 bits per heavy atom. The molecule has 7 heavy (non-hydrogen) atoms. The molecular formula is H4Cl5NPt. The van der Waals surface area contributed by atoms with E-state index in [4.69, 9.17) is 0 Å². The van der Waals surface area contributed by atoms with Crippen LogP contribution in [0.3, 0.4) is 0 Å². The van der Waals surface area contributed by atoms with Crippen LogP contribution in [0.5, 0.6) is 0 Å². The molecule has 0 saturated carbocycles. The van der Waals surface area contributed by atoms with Gasteiger partial charge in [-0.25, -0.2) is 0 Å². The first-order valence-corrected chi connectivity index (χ1v) is 0. The van der Waals surface area contributed by atoms with Crippen LogP contribution in [-0.2, 0) is 21.1 Å². The van der Waals surface area contributed by atoms with Gasteiger partial charge in [0.15, 0.2) is 0 Å². The van der Waals surface area contributed by atoms with Crippen molar-refractivity contribution >= 4 is 0 Å². The van der Waals surface area contributed by atoms with E-state index in [1.54, 1.807) is 0 Å². The van der Waals surface area contributed by atoms with Gasteiger partial charge in [-0.15, -0.1) is 0 Å². The summed E-state index contributed by atoms with van der Waals surface area (Å²) in [4.78, 5) is 0. The van der Waals surface area contributed by atoms with E-state index in [0.29, 0.717) is 0 Å². The SMILES string of the molecule is [Cl-].[Cl-].[Cl-].[Cl-].[Cl-].[NH4+].[Pt+4]. The smallest absolute Gasteiger partial charge is 1.00 e. The Kier molecular flexibility index (Phi) is 1790. The van der Waals surface area contributed by atoms with Crippen LogP contribution in [0.2, 0.25) is 0 Å². The standard InChI is InChI=1S/5ClH.H3N.Pt/h5*1H;1H3;/q;;;;;;+4/p-4. The quantitative estimate of drug-likeness (QED) is 0.427. The summed E-state index contributed by atoms with van der Waals surface area (Å²) in [5.74, 6) is 0. The predicted octanol–water partition coefficient (Wildman–Crippen LogP) is -14.6. The van der Waals surface area contributed by atoms with Crippen LogP contribution < -0.4 is 68.2 Å². The molecule has 7 heteroatoms. The monoisotopic (exact) mass is 388 g/mol. The number of hydrogen-bond acceptors (Lipinski definition) is 0. The molecule has 0 unspecified atom stereocenters. The minimum absolute atomic E-state index is 0. The maximum atomic E-state index is 0. The third-order valence-corrected chi connectivity index (χ3v) is 0. The average molecular weight is 390 g/mol. The first-order valence-electron chi connectivity index (χ1n) is 0. The molecule has 4 N–H and O–H groups in total. The fourth-order valence-electron chi connectivity index (χ4n) is 0. The van der Waals surface area contributed by atoms with Crippen molar-refractivity contribution in [3.8, 4) is 0 Å². The fraction of sp³-hybridized carbons (Fsp3) is 0. The number of rotatable bonds is 0. The minimum atomic E-state index is 0. The van der Waals surface area contributed by atoms with Crippen LogP contribution in [0.4, 0.5) is 0 Å². The summed E-state index contributed by atoms with van der Waals surface area (Å²) in [6.07, 6.45) is 0. The molecule has 0 aliphatic heterocycles. The van der Waals surface area contributed by atoms with Crippen molar-refractivity contribution in [2.24, 2.45) is 0 Å². The van der Waals surface area contributed by atoms with Crippen molar-refractivity contribution in [2.45, 2.75) is 0 Å². The molecule has 0 aromatic carbocycles. The second-order valence-corrected chi connectivity index (χ2v) is 0. The zero-order valence-electron chi connectivity index (χ0n) is 3.21. The van der Waals surface area contributed by atoms with Crippen LogP contribution in [0.15, 0.2) is 0 Å². The molecule has 1 nitrogen and oxygen atoms in total. The molecule has 0 heterocycles. The molecule has 0 aliphatic rings. The van der Waals surface area contributed by atoms with Crippen LogP contribution in [0.1, 0.15) is 0 Å². The number of halogens is 5. The normalized spacial score (nSPS) is 0. The third kappa shape index (κ3) is 68.4. The summed E-state index contributed by atoms with van der Waals surface area (Å²) in [7, 11) is 0. The molecule has 0 atom stereocenters. The van der Waals surface area contributed by atoms with E-state index >= 15 is 0 Å². The Labute approximate surface area is 88.7 Å². The Morgan fingerprint density at radius 3 is 0.429 bits per heavy atom. The fourth-order valence-corrected chi connectivity index (χ4v) is 0. The Bertz CT molecular complexity index is 8.04. The maximum absolute atomic E-state index is 0. The average Bonchev–Trinajstić information content (AvgIpc) is 0. The van der Waals surface area contributed by atoms with Gasteiger partial charge in [-0.05, 0) is 0 Å². The van der Waals surface area contributed by atoms with Gasteiger partial charge < -0.3 is 68.2 Å². The minimum Gasteiger partial charge on any atom is -1.00 e. The zero-order valence-corrected chi connectivity index (χ0v) is 9.26. The zero-order chi connectivity index (χ0) is 0. The van der Waals surface area contributed by atoms with Crippen molar-refractivity contribution in [2.75, 3.05) is 0 Å². The van der Waals surface area contributed by atoms with Crippen LogP contribution in [-0.4, -0.2) is 0 Å². The molecule has 0 aliphatic carbocycles. The topological polar surface area (TPSA) is 36.5 Å². The van der Waals surface area contributed by atoms with E-state index in [9.17, 15) is 0 Å². The van der Waals surface area contributed by atoms with Gasteiger partial charge in [0.2, 0.25) is 0 Å². The summed E-state index contributed by atoms with van der Waals surface area (Å²) in [5, 5.41) is 0. The molecule has 0 aromatic rings. The van der Waals surface area contributed by atoms with Crippen molar-refractivity contribution in [3.05, 3.63) is 0 Å². The van der Waals surface area contributed by atoms with Gasteiger partial charge in [-0.1, -0.05) is 0 Å². The van der Waals surface area contributed by atoms with Gasteiger partial charge in [0.1, 0.15) is 0 Å². The molecule has 0 aromatic heterocycles. The van der Waals surface area contributed by atoms with E-state index in [2.05, 4.69) is 0 Å². The maximum Gasteiger partial charge on any atom is 4.00 e. The molecule has 0 radical (unpaired) electrons. The van der Waals surface area contributed by atoms with Gasteiger partial charge in [0.25, 0.3) is 0 Å².